The molecule has 0 saturated heterocycles. The first-order valence-corrected chi connectivity index (χ1v) is 12.4. The van der Waals surface area contributed by atoms with Gasteiger partial charge in [-0.05, 0) is 81.3 Å². The standard InChI is InChI=1S/C23H19BrINO6S/c1-3-31-23(29)19-20(28)17(33-22(19)26-14-7-5-4-6-8-14)11-13-9-15(24)21(16(25)10-13)32-12-18(27)30-2/h4-11,28H,3,12H2,1-2H3/b17-11-,26-22?. The molecule has 3 rings (SSSR count). The summed E-state index contributed by atoms with van der Waals surface area (Å²) < 4.78 is 16.6. The number of thioether (sulfide) groups is 1. The van der Waals surface area contributed by atoms with Gasteiger partial charge in [0.25, 0.3) is 0 Å². The van der Waals surface area contributed by atoms with Crippen molar-refractivity contribution < 1.29 is 28.9 Å². The van der Waals surface area contributed by atoms with Gasteiger partial charge >= 0.3 is 11.9 Å². The van der Waals surface area contributed by atoms with Crippen molar-refractivity contribution in [3.8, 4) is 5.75 Å². The molecule has 0 atom stereocenters. The van der Waals surface area contributed by atoms with Crippen molar-refractivity contribution >= 4 is 79.0 Å². The van der Waals surface area contributed by atoms with E-state index in [4.69, 9.17) is 9.47 Å². The highest BCUT2D eigenvalue weighted by atomic mass is 127. The van der Waals surface area contributed by atoms with E-state index < -0.39 is 11.9 Å². The predicted octanol–water partition coefficient (Wildman–Crippen LogP) is 5.80. The zero-order valence-electron chi connectivity index (χ0n) is 17.6. The Hall–Kier alpha value is -2.31. The summed E-state index contributed by atoms with van der Waals surface area (Å²) in [6.45, 7) is 1.66. The number of rotatable bonds is 7. The molecule has 0 unspecified atom stereocenters. The Bertz CT molecular complexity index is 1140. The minimum atomic E-state index is -0.636. The molecule has 0 saturated carbocycles. The van der Waals surface area contributed by atoms with Crippen LogP contribution >= 0.6 is 50.3 Å². The molecule has 1 aliphatic heterocycles. The minimum Gasteiger partial charge on any atom is -0.506 e. The Morgan fingerprint density at radius 2 is 1.97 bits per heavy atom. The molecule has 1 heterocycles. The summed E-state index contributed by atoms with van der Waals surface area (Å²) in [6.07, 6.45) is 1.74. The summed E-state index contributed by atoms with van der Waals surface area (Å²) in [6, 6.07) is 12.8. The number of hydrogen-bond donors (Lipinski definition) is 1. The Kier molecular flexibility index (Phi) is 8.98. The zero-order valence-corrected chi connectivity index (χ0v) is 22.2. The van der Waals surface area contributed by atoms with Gasteiger partial charge in [0.05, 0.1) is 32.4 Å². The molecule has 1 aliphatic rings. The molecule has 0 aliphatic carbocycles. The van der Waals surface area contributed by atoms with Gasteiger partial charge in [0.1, 0.15) is 22.1 Å². The van der Waals surface area contributed by atoms with Gasteiger partial charge in [0.15, 0.2) is 6.61 Å². The molecular weight excluding hydrogens is 625 g/mol. The average molecular weight is 644 g/mol. The average Bonchev–Trinajstić information content (AvgIpc) is 3.08. The number of aliphatic imine (C=N–C) groups is 1. The largest absolute Gasteiger partial charge is 0.506 e. The number of carbonyl (C=O) groups is 2. The fraction of sp³-hybridized carbons (Fsp3) is 0.174. The second-order valence-corrected chi connectivity index (χ2v) is 9.53. The van der Waals surface area contributed by atoms with E-state index >= 15 is 0 Å². The molecule has 1 N–H and O–H groups in total. The fourth-order valence-corrected chi connectivity index (χ4v) is 5.56. The van der Waals surface area contributed by atoms with Crippen LogP contribution in [0.25, 0.3) is 6.08 Å². The molecule has 2 aromatic carbocycles. The second-order valence-electron chi connectivity index (χ2n) is 6.49. The number of aliphatic hydroxyl groups excluding tert-OH is 1. The van der Waals surface area contributed by atoms with Gasteiger partial charge in [-0.3, -0.25) is 0 Å². The summed E-state index contributed by atoms with van der Waals surface area (Å²) in [5.74, 6) is -0.813. The maximum Gasteiger partial charge on any atom is 0.344 e. The van der Waals surface area contributed by atoms with Crippen molar-refractivity contribution in [3.63, 3.8) is 0 Å². The van der Waals surface area contributed by atoms with Crippen LogP contribution in [0, 0.1) is 3.57 Å². The maximum atomic E-state index is 12.5. The lowest BCUT2D eigenvalue weighted by Crippen LogP contribution is -2.13. The number of hydrogen-bond acceptors (Lipinski definition) is 8. The third kappa shape index (κ3) is 6.39. The van der Waals surface area contributed by atoms with Gasteiger partial charge in [-0.2, -0.15) is 0 Å². The first-order valence-electron chi connectivity index (χ1n) is 9.67. The van der Waals surface area contributed by atoms with E-state index in [1.807, 2.05) is 36.4 Å². The fourth-order valence-electron chi connectivity index (χ4n) is 2.75. The van der Waals surface area contributed by atoms with Gasteiger partial charge in [-0.25, -0.2) is 14.6 Å². The zero-order chi connectivity index (χ0) is 24.0. The third-order valence-corrected chi connectivity index (χ3v) is 6.65. The van der Waals surface area contributed by atoms with Crippen molar-refractivity contribution in [1.82, 2.24) is 0 Å². The Balaban J connectivity index is 1.96. The van der Waals surface area contributed by atoms with E-state index in [9.17, 15) is 14.7 Å². The SMILES string of the molecule is CCOC(=O)C1=C(O)/C(=C/c2cc(Br)c(OCC(=O)OC)c(I)c2)SC1=Nc1ccccc1. The summed E-state index contributed by atoms with van der Waals surface area (Å²) in [5.41, 5.74) is 1.43. The quantitative estimate of drug-likeness (QED) is 0.301. The van der Waals surface area contributed by atoms with Crippen LogP contribution in [0.1, 0.15) is 12.5 Å². The molecule has 0 aromatic heterocycles. The molecule has 0 radical (unpaired) electrons. The molecule has 172 valence electrons. The van der Waals surface area contributed by atoms with Gasteiger partial charge in [0, 0.05) is 0 Å². The topological polar surface area (TPSA) is 94.4 Å². The number of aliphatic hydroxyl groups is 1. The smallest absolute Gasteiger partial charge is 0.344 e. The Morgan fingerprint density at radius 3 is 2.61 bits per heavy atom. The Morgan fingerprint density at radius 1 is 1.24 bits per heavy atom. The third-order valence-electron chi connectivity index (χ3n) is 4.24. The molecule has 0 fully saturated rings. The lowest BCUT2D eigenvalue weighted by Gasteiger charge is -2.10. The number of methoxy groups -OCH3 is 1. The first kappa shape index (κ1) is 25.3. The molecule has 0 amide bonds. The number of carbonyl (C=O) groups excluding carboxylic acids is 2. The van der Waals surface area contributed by atoms with Crippen LogP contribution in [0.2, 0.25) is 0 Å². The highest BCUT2D eigenvalue weighted by Gasteiger charge is 2.33. The maximum absolute atomic E-state index is 12.5. The number of esters is 2. The summed E-state index contributed by atoms with van der Waals surface area (Å²) >= 11 is 6.73. The van der Waals surface area contributed by atoms with Gasteiger partial charge < -0.3 is 19.3 Å². The van der Waals surface area contributed by atoms with Crippen LogP contribution in [0.4, 0.5) is 5.69 Å². The molecule has 10 heteroatoms. The van der Waals surface area contributed by atoms with Crippen LogP contribution in [-0.4, -0.2) is 42.4 Å². The lowest BCUT2D eigenvalue weighted by molar-refractivity contribution is -0.143. The van der Waals surface area contributed by atoms with Gasteiger partial charge in [-0.15, -0.1) is 0 Å². The van der Waals surface area contributed by atoms with Crippen molar-refractivity contribution in [2.24, 2.45) is 4.99 Å². The first-order chi connectivity index (χ1) is 15.8. The molecule has 2 aromatic rings. The monoisotopic (exact) mass is 643 g/mol. The van der Waals surface area contributed by atoms with Crippen molar-refractivity contribution in [2.45, 2.75) is 6.92 Å². The number of nitrogens with zero attached hydrogens (tertiary/aromatic N) is 1. The Labute approximate surface area is 217 Å². The van der Waals surface area contributed by atoms with E-state index in [2.05, 4.69) is 48.3 Å². The lowest BCUT2D eigenvalue weighted by atomic mass is 10.1. The van der Waals surface area contributed by atoms with E-state index in [1.165, 1.54) is 18.9 Å². The molecule has 0 bridgehead atoms. The number of ether oxygens (including phenoxy) is 3. The van der Waals surface area contributed by atoms with Gasteiger partial charge in [0.2, 0.25) is 0 Å². The normalized spacial score (nSPS) is 15.8. The predicted molar refractivity (Wildman–Crippen MR) is 140 cm³/mol. The van der Waals surface area contributed by atoms with E-state index in [-0.39, 0.29) is 24.5 Å². The van der Waals surface area contributed by atoms with Crippen molar-refractivity contribution in [3.05, 3.63) is 72.3 Å². The van der Waals surface area contributed by atoms with Crippen LogP contribution in [-0.2, 0) is 19.1 Å². The highest BCUT2D eigenvalue weighted by Crippen LogP contribution is 2.41. The van der Waals surface area contributed by atoms with Crippen molar-refractivity contribution in [2.75, 3.05) is 20.3 Å². The van der Waals surface area contributed by atoms with Crippen LogP contribution < -0.4 is 4.74 Å². The van der Waals surface area contributed by atoms with Crippen LogP contribution in [0.5, 0.6) is 5.75 Å². The van der Waals surface area contributed by atoms with Crippen molar-refractivity contribution in [1.29, 1.82) is 0 Å². The number of para-hydroxylation sites is 1. The van der Waals surface area contributed by atoms with E-state index in [1.54, 1.807) is 19.1 Å². The van der Waals surface area contributed by atoms with Gasteiger partial charge in [-0.1, -0.05) is 30.0 Å². The minimum absolute atomic E-state index is 0.0312. The number of halogens is 2. The molecule has 0 spiro atoms. The number of benzene rings is 2. The summed E-state index contributed by atoms with van der Waals surface area (Å²) in [7, 11) is 1.29. The second kappa shape index (κ2) is 11.7. The molecular formula is C23H19BrINO6S. The van der Waals surface area contributed by atoms with E-state index in [0.717, 1.165) is 9.13 Å². The highest BCUT2D eigenvalue weighted by molar-refractivity contribution is 14.1. The summed E-state index contributed by atoms with van der Waals surface area (Å²) in [4.78, 5) is 28.9. The molecule has 7 nitrogen and oxygen atoms in total. The van der Waals surface area contributed by atoms with Crippen LogP contribution in [0.15, 0.2) is 68.2 Å². The molecule has 33 heavy (non-hydrogen) atoms. The van der Waals surface area contributed by atoms with Crippen LogP contribution in [0.3, 0.4) is 0 Å². The van der Waals surface area contributed by atoms with E-state index in [0.29, 0.717) is 25.9 Å². The summed E-state index contributed by atoms with van der Waals surface area (Å²) in [5, 5.41) is 11.2.